The first-order valence-electron chi connectivity index (χ1n) is 4.08. The van der Waals surface area contributed by atoms with Crippen LogP contribution in [0.4, 0.5) is 0 Å². The molecule has 1 nitrogen and oxygen atoms in total. The maximum absolute atomic E-state index is 5.39. The molecule has 58 valence electrons. The van der Waals surface area contributed by atoms with E-state index in [-0.39, 0.29) is 0 Å². The van der Waals surface area contributed by atoms with Crippen molar-refractivity contribution in [1.82, 2.24) is 0 Å². The zero-order valence-corrected chi connectivity index (χ0v) is 6.55. The van der Waals surface area contributed by atoms with Crippen molar-refractivity contribution in [2.75, 3.05) is 0 Å². The van der Waals surface area contributed by atoms with E-state index in [0.717, 1.165) is 12.3 Å². The molecular formula is C10H12O. The van der Waals surface area contributed by atoms with Crippen molar-refractivity contribution in [3.8, 4) is 0 Å². The van der Waals surface area contributed by atoms with Gasteiger partial charge in [-0.1, -0.05) is 6.08 Å². The molecule has 0 amide bonds. The van der Waals surface area contributed by atoms with Crippen molar-refractivity contribution in [2.24, 2.45) is 0 Å². The molecule has 0 saturated heterocycles. The van der Waals surface area contributed by atoms with Gasteiger partial charge < -0.3 is 4.42 Å². The Bertz CT molecular complexity index is 256. The van der Waals surface area contributed by atoms with Gasteiger partial charge in [0.05, 0.1) is 6.26 Å². The standard InChI is InChI=1S/C10H12O/c1-2-3-8-6-10(11-7-8)9-4-5-9/h2,6-7,9H,1,3-5H2. The highest BCUT2D eigenvalue weighted by atomic mass is 16.3. The van der Waals surface area contributed by atoms with Crippen molar-refractivity contribution in [1.29, 1.82) is 0 Å². The van der Waals surface area contributed by atoms with E-state index in [1.807, 2.05) is 12.3 Å². The third-order valence-corrected chi connectivity index (χ3v) is 2.03. The largest absolute Gasteiger partial charge is 0.469 e. The minimum absolute atomic E-state index is 0.730. The maximum atomic E-state index is 5.39. The molecule has 1 aliphatic carbocycles. The Morgan fingerprint density at radius 2 is 2.45 bits per heavy atom. The first-order chi connectivity index (χ1) is 5.40. The van der Waals surface area contributed by atoms with Crippen molar-refractivity contribution >= 4 is 0 Å². The van der Waals surface area contributed by atoms with Crippen LogP contribution in [-0.4, -0.2) is 0 Å². The normalized spacial score (nSPS) is 16.7. The fraction of sp³-hybridized carbons (Fsp3) is 0.400. The summed E-state index contributed by atoms with van der Waals surface area (Å²) < 4.78 is 5.39. The second kappa shape index (κ2) is 2.57. The highest BCUT2D eigenvalue weighted by Gasteiger charge is 2.26. The third-order valence-electron chi connectivity index (χ3n) is 2.03. The van der Waals surface area contributed by atoms with E-state index in [1.165, 1.54) is 24.2 Å². The quantitative estimate of drug-likeness (QED) is 0.601. The SMILES string of the molecule is C=CCc1coc(C2CC2)c1. The van der Waals surface area contributed by atoms with Gasteiger partial charge >= 0.3 is 0 Å². The van der Waals surface area contributed by atoms with E-state index in [4.69, 9.17) is 4.42 Å². The Labute approximate surface area is 66.7 Å². The van der Waals surface area contributed by atoms with Crippen LogP contribution in [0.3, 0.4) is 0 Å². The van der Waals surface area contributed by atoms with Crippen LogP contribution in [0.2, 0.25) is 0 Å². The number of allylic oxidation sites excluding steroid dienone is 1. The smallest absolute Gasteiger partial charge is 0.107 e. The average Bonchev–Trinajstić information content (AvgIpc) is 2.75. The van der Waals surface area contributed by atoms with Crippen LogP contribution in [-0.2, 0) is 6.42 Å². The molecule has 1 aliphatic rings. The summed E-state index contributed by atoms with van der Waals surface area (Å²) in [5.41, 5.74) is 1.25. The molecule has 1 saturated carbocycles. The molecule has 0 atom stereocenters. The molecule has 0 aromatic carbocycles. The molecule has 0 spiro atoms. The molecule has 2 rings (SSSR count). The first-order valence-corrected chi connectivity index (χ1v) is 4.08. The number of furan rings is 1. The molecule has 1 aromatic rings. The number of rotatable bonds is 3. The van der Waals surface area contributed by atoms with Crippen LogP contribution in [0.15, 0.2) is 29.4 Å². The minimum Gasteiger partial charge on any atom is -0.469 e. The topological polar surface area (TPSA) is 13.1 Å². The zero-order valence-electron chi connectivity index (χ0n) is 6.55. The summed E-state index contributed by atoms with van der Waals surface area (Å²) in [6.07, 6.45) is 7.29. The molecule has 1 heterocycles. The van der Waals surface area contributed by atoms with Crippen LogP contribution < -0.4 is 0 Å². The van der Waals surface area contributed by atoms with Crippen molar-refractivity contribution in [3.05, 3.63) is 36.3 Å². The summed E-state index contributed by atoms with van der Waals surface area (Å²) in [5.74, 6) is 1.90. The average molecular weight is 148 g/mol. The van der Waals surface area contributed by atoms with Gasteiger partial charge in [-0.3, -0.25) is 0 Å². The highest BCUT2D eigenvalue weighted by molar-refractivity contribution is 5.20. The Morgan fingerprint density at radius 1 is 1.64 bits per heavy atom. The summed E-state index contributed by atoms with van der Waals surface area (Å²) in [7, 11) is 0. The predicted octanol–water partition coefficient (Wildman–Crippen LogP) is 2.89. The van der Waals surface area contributed by atoms with E-state index in [2.05, 4.69) is 12.6 Å². The fourth-order valence-electron chi connectivity index (χ4n) is 1.25. The number of hydrogen-bond acceptors (Lipinski definition) is 1. The molecule has 1 aromatic heterocycles. The van der Waals surface area contributed by atoms with Crippen LogP contribution >= 0.6 is 0 Å². The van der Waals surface area contributed by atoms with Crippen molar-refractivity contribution < 1.29 is 4.42 Å². The minimum atomic E-state index is 0.730. The predicted molar refractivity (Wildman–Crippen MR) is 44.6 cm³/mol. The Morgan fingerprint density at radius 3 is 3.09 bits per heavy atom. The Balaban J connectivity index is 2.11. The zero-order chi connectivity index (χ0) is 7.68. The fourth-order valence-corrected chi connectivity index (χ4v) is 1.25. The highest BCUT2D eigenvalue weighted by Crippen LogP contribution is 2.40. The van der Waals surface area contributed by atoms with Gasteiger partial charge in [-0.25, -0.2) is 0 Å². The molecule has 0 aliphatic heterocycles. The summed E-state index contributed by atoms with van der Waals surface area (Å²) in [6, 6.07) is 2.15. The molecule has 0 bridgehead atoms. The van der Waals surface area contributed by atoms with Crippen LogP contribution in [0.5, 0.6) is 0 Å². The molecule has 1 heteroatoms. The third kappa shape index (κ3) is 1.37. The van der Waals surface area contributed by atoms with Crippen LogP contribution in [0.1, 0.15) is 30.1 Å². The molecule has 0 N–H and O–H groups in total. The summed E-state index contributed by atoms with van der Waals surface area (Å²) in [5, 5.41) is 0. The van der Waals surface area contributed by atoms with Crippen molar-refractivity contribution in [2.45, 2.75) is 25.2 Å². The Hall–Kier alpha value is -0.980. The first kappa shape index (κ1) is 6.71. The molecule has 0 radical (unpaired) electrons. The number of hydrogen-bond donors (Lipinski definition) is 0. The van der Waals surface area contributed by atoms with Gasteiger partial charge in [-0.05, 0) is 30.9 Å². The molecule has 1 fully saturated rings. The van der Waals surface area contributed by atoms with Gasteiger partial charge in [-0.2, -0.15) is 0 Å². The molecule has 0 unspecified atom stereocenters. The van der Waals surface area contributed by atoms with Gasteiger partial charge in [0, 0.05) is 5.92 Å². The summed E-state index contributed by atoms with van der Waals surface area (Å²) in [4.78, 5) is 0. The molecule has 11 heavy (non-hydrogen) atoms. The summed E-state index contributed by atoms with van der Waals surface area (Å²) in [6.45, 7) is 3.68. The van der Waals surface area contributed by atoms with E-state index < -0.39 is 0 Å². The maximum Gasteiger partial charge on any atom is 0.107 e. The van der Waals surface area contributed by atoms with Gasteiger partial charge in [0.25, 0.3) is 0 Å². The molecular weight excluding hydrogens is 136 g/mol. The lowest BCUT2D eigenvalue weighted by Crippen LogP contribution is -1.73. The van der Waals surface area contributed by atoms with Gasteiger partial charge in [0.2, 0.25) is 0 Å². The Kier molecular flexibility index (Phi) is 1.57. The lowest BCUT2D eigenvalue weighted by molar-refractivity contribution is 0.510. The van der Waals surface area contributed by atoms with Gasteiger partial charge in [-0.15, -0.1) is 6.58 Å². The van der Waals surface area contributed by atoms with Gasteiger partial charge in [0.1, 0.15) is 5.76 Å². The second-order valence-corrected chi connectivity index (χ2v) is 3.12. The van der Waals surface area contributed by atoms with E-state index in [9.17, 15) is 0 Å². The van der Waals surface area contributed by atoms with Crippen molar-refractivity contribution in [3.63, 3.8) is 0 Å². The summed E-state index contributed by atoms with van der Waals surface area (Å²) >= 11 is 0. The van der Waals surface area contributed by atoms with E-state index >= 15 is 0 Å². The lowest BCUT2D eigenvalue weighted by Gasteiger charge is -1.84. The van der Waals surface area contributed by atoms with E-state index in [1.54, 1.807) is 0 Å². The second-order valence-electron chi connectivity index (χ2n) is 3.12. The van der Waals surface area contributed by atoms with Crippen LogP contribution in [0, 0.1) is 0 Å². The lowest BCUT2D eigenvalue weighted by atomic mass is 10.2. The van der Waals surface area contributed by atoms with E-state index in [0.29, 0.717) is 0 Å². The van der Waals surface area contributed by atoms with Crippen LogP contribution in [0.25, 0.3) is 0 Å². The monoisotopic (exact) mass is 148 g/mol. The van der Waals surface area contributed by atoms with Gasteiger partial charge in [0.15, 0.2) is 0 Å².